The molecule has 2 rings (SSSR count). The van der Waals surface area contributed by atoms with Crippen molar-refractivity contribution in [1.82, 2.24) is 15.5 Å². The highest BCUT2D eigenvalue weighted by Crippen LogP contribution is 2.18. The Morgan fingerprint density at radius 3 is 2.55 bits per heavy atom. The number of carbonyl (C=O) groups excluding carboxylic acids is 1. The Balaban J connectivity index is 1.74. The lowest BCUT2D eigenvalue weighted by Gasteiger charge is -2.28. The van der Waals surface area contributed by atoms with Crippen molar-refractivity contribution in [2.24, 2.45) is 0 Å². The molecule has 1 saturated carbocycles. The first-order valence-electron chi connectivity index (χ1n) is 7.73. The summed E-state index contributed by atoms with van der Waals surface area (Å²) in [6.07, 6.45) is 2.45. The van der Waals surface area contributed by atoms with Crippen LogP contribution in [0.15, 0.2) is 0 Å². The van der Waals surface area contributed by atoms with E-state index in [1.165, 1.54) is 6.42 Å². The average molecular weight is 285 g/mol. The topological polar surface area (TPSA) is 73.8 Å². The summed E-state index contributed by atoms with van der Waals surface area (Å²) in [5.74, 6) is 0. The highest BCUT2D eigenvalue weighted by Gasteiger charge is 2.37. The van der Waals surface area contributed by atoms with Crippen LogP contribution < -0.4 is 10.6 Å². The van der Waals surface area contributed by atoms with E-state index < -0.39 is 6.10 Å². The third kappa shape index (κ3) is 3.84. The van der Waals surface area contributed by atoms with Gasteiger partial charge in [-0.25, -0.2) is 4.79 Å². The molecule has 3 unspecified atom stereocenters. The van der Waals surface area contributed by atoms with Crippen LogP contribution in [0.2, 0.25) is 0 Å². The number of aliphatic hydroxyl groups is 1. The minimum Gasteiger partial charge on any atom is -0.388 e. The molecule has 1 aliphatic heterocycles. The van der Waals surface area contributed by atoms with Crippen molar-refractivity contribution in [3.05, 3.63) is 0 Å². The molecule has 3 atom stereocenters. The van der Waals surface area contributed by atoms with Gasteiger partial charge >= 0.3 is 6.03 Å². The molecule has 1 aliphatic carbocycles. The van der Waals surface area contributed by atoms with Crippen molar-refractivity contribution in [3.63, 3.8) is 0 Å². The molecular formula is C14H27N3O3. The summed E-state index contributed by atoms with van der Waals surface area (Å²) >= 11 is 0. The molecule has 2 aliphatic rings. The maximum absolute atomic E-state index is 11.8. The number of carbonyl (C=O) groups is 1. The predicted octanol–water partition coefficient (Wildman–Crippen LogP) is 0.308. The number of hydrogen-bond donors (Lipinski definition) is 3. The molecule has 0 aromatic carbocycles. The molecule has 1 heterocycles. The number of rotatable bonds is 6. The Labute approximate surface area is 120 Å². The van der Waals surface area contributed by atoms with Crippen molar-refractivity contribution in [2.75, 3.05) is 26.2 Å². The van der Waals surface area contributed by atoms with Crippen LogP contribution in [0.25, 0.3) is 0 Å². The van der Waals surface area contributed by atoms with Gasteiger partial charge in [0.15, 0.2) is 0 Å². The molecule has 0 aromatic rings. The summed E-state index contributed by atoms with van der Waals surface area (Å²) in [4.78, 5) is 14.0. The highest BCUT2D eigenvalue weighted by molar-refractivity contribution is 5.74. The SMILES string of the molecule is CCN(CC)CC1OCC(NC(=O)NC2CCC2)C1O. The minimum absolute atomic E-state index is 0.189. The number of likely N-dealkylation sites (N-methyl/N-ethyl adjacent to an activating group) is 1. The van der Waals surface area contributed by atoms with E-state index in [9.17, 15) is 9.90 Å². The normalized spacial score (nSPS) is 30.3. The molecule has 116 valence electrons. The van der Waals surface area contributed by atoms with E-state index in [0.717, 1.165) is 25.9 Å². The molecule has 0 spiro atoms. The van der Waals surface area contributed by atoms with Gasteiger partial charge in [-0.05, 0) is 32.4 Å². The van der Waals surface area contributed by atoms with Crippen LogP contribution >= 0.6 is 0 Å². The molecule has 6 heteroatoms. The van der Waals surface area contributed by atoms with Crippen LogP contribution in [0.4, 0.5) is 4.79 Å². The van der Waals surface area contributed by atoms with Gasteiger partial charge in [-0.2, -0.15) is 0 Å². The Bertz CT molecular complexity index is 319. The van der Waals surface area contributed by atoms with Gasteiger partial charge in [-0.3, -0.25) is 0 Å². The molecule has 20 heavy (non-hydrogen) atoms. The van der Waals surface area contributed by atoms with Crippen molar-refractivity contribution in [1.29, 1.82) is 0 Å². The quantitative estimate of drug-likeness (QED) is 0.656. The van der Waals surface area contributed by atoms with Crippen molar-refractivity contribution >= 4 is 6.03 Å². The van der Waals surface area contributed by atoms with Crippen molar-refractivity contribution in [3.8, 4) is 0 Å². The monoisotopic (exact) mass is 285 g/mol. The number of amides is 2. The smallest absolute Gasteiger partial charge is 0.315 e. The Morgan fingerprint density at radius 1 is 1.30 bits per heavy atom. The van der Waals surface area contributed by atoms with Gasteiger partial charge in [-0.15, -0.1) is 0 Å². The van der Waals surface area contributed by atoms with Gasteiger partial charge in [0.1, 0.15) is 6.10 Å². The summed E-state index contributed by atoms with van der Waals surface area (Å²) in [6, 6.07) is -0.192. The zero-order valence-electron chi connectivity index (χ0n) is 12.5. The van der Waals surface area contributed by atoms with E-state index in [2.05, 4.69) is 29.4 Å². The number of hydrogen-bond acceptors (Lipinski definition) is 4. The maximum atomic E-state index is 11.8. The highest BCUT2D eigenvalue weighted by atomic mass is 16.5. The first-order chi connectivity index (χ1) is 9.63. The van der Waals surface area contributed by atoms with Crippen LogP contribution in [-0.4, -0.2) is 66.6 Å². The first-order valence-corrected chi connectivity index (χ1v) is 7.73. The standard InChI is InChI=1S/C14H27N3O3/c1-3-17(4-2)8-12-13(18)11(9-20-12)16-14(19)15-10-6-5-7-10/h10-13,18H,3-9H2,1-2H3,(H2,15,16,19). The Kier molecular flexibility index (Phi) is 5.63. The molecule has 0 bridgehead atoms. The van der Waals surface area contributed by atoms with Gasteiger partial charge in [-0.1, -0.05) is 13.8 Å². The fourth-order valence-electron chi connectivity index (χ4n) is 2.66. The van der Waals surface area contributed by atoms with Crippen LogP contribution in [0.5, 0.6) is 0 Å². The van der Waals surface area contributed by atoms with Crippen LogP contribution in [0.3, 0.4) is 0 Å². The summed E-state index contributed by atoms with van der Waals surface area (Å²) in [5, 5.41) is 16.0. The third-order valence-corrected chi connectivity index (χ3v) is 4.37. The zero-order valence-corrected chi connectivity index (χ0v) is 12.5. The maximum Gasteiger partial charge on any atom is 0.315 e. The molecular weight excluding hydrogens is 258 g/mol. The van der Waals surface area contributed by atoms with Crippen molar-refractivity contribution in [2.45, 2.75) is 57.4 Å². The second kappa shape index (κ2) is 7.24. The lowest BCUT2D eigenvalue weighted by atomic mass is 9.93. The molecule has 2 amide bonds. The molecule has 1 saturated heterocycles. The minimum atomic E-state index is -0.636. The van der Waals surface area contributed by atoms with E-state index in [-0.39, 0.29) is 18.2 Å². The van der Waals surface area contributed by atoms with Gasteiger partial charge in [0.25, 0.3) is 0 Å². The molecule has 0 radical (unpaired) electrons. The Hall–Kier alpha value is -0.850. The second-order valence-corrected chi connectivity index (χ2v) is 5.70. The third-order valence-electron chi connectivity index (χ3n) is 4.37. The van der Waals surface area contributed by atoms with E-state index >= 15 is 0 Å². The van der Waals surface area contributed by atoms with E-state index in [4.69, 9.17) is 4.74 Å². The fourth-order valence-corrected chi connectivity index (χ4v) is 2.66. The number of urea groups is 1. The number of aliphatic hydroxyl groups excluding tert-OH is 1. The summed E-state index contributed by atoms with van der Waals surface area (Å²) in [6.45, 7) is 7.13. The molecule has 6 nitrogen and oxygen atoms in total. The van der Waals surface area contributed by atoms with Crippen LogP contribution in [0.1, 0.15) is 33.1 Å². The average Bonchev–Trinajstić information content (AvgIpc) is 2.73. The first kappa shape index (κ1) is 15.5. The van der Waals surface area contributed by atoms with E-state index in [1.807, 2.05) is 0 Å². The van der Waals surface area contributed by atoms with Gasteiger partial charge in [0, 0.05) is 12.6 Å². The molecule has 2 fully saturated rings. The summed E-state index contributed by atoms with van der Waals surface area (Å²) < 4.78 is 5.62. The van der Waals surface area contributed by atoms with Crippen LogP contribution in [0, 0.1) is 0 Å². The predicted molar refractivity (Wildman–Crippen MR) is 76.6 cm³/mol. The second-order valence-electron chi connectivity index (χ2n) is 5.70. The lowest BCUT2D eigenvalue weighted by molar-refractivity contribution is 0.0173. The number of ether oxygens (including phenoxy) is 1. The molecule has 3 N–H and O–H groups in total. The van der Waals surface area contributed by atoms with E-state index in [0.29, 0.717) is 19.2 Å². The largest absolute Gasteiger partial charge is 0.388 e. The zero-order chi connectivity index (χ0) is 14.5. The summed E-state index contributed by atoms with van der Waals surface area (Å²) in [5.41, 5.74) is 0. The summed E-state index contributed by atoms with van der Waals surface area (Å²) in [7, 11) is 0. The van der Waals surface area contributed by atoms with Gasteiger partial charge < -0.3 is 25.4 Å². The molecule has 0 aromatic heterocycles. The van der Waals surface area contributed by atoms with E-state index in [1.54, 1.807) is 0 Å². The lowest BCUT2D eigenvalue weighted by Crippen LogP contribution is -2.52. The fraction of sp³-hybridized carbons (Fsp3) is 0.929. The van der Waals surface area contributed by atoms with Crippen molar-refractivity contribution < 1.29 is 14.6 Å². The Morgan fingerprint density at radius 2 is 2.00 bits per heavy atom. The van der Waals surface area contributed by atoms with Crippen LogP contribution in [-0.2, 0) is 4.74 Å². The number of nitrogens with one attached hydrogen (secondary N) is 2. The van der Waals surface area contributed by atoms with Gasteiger partial charge in [0.2, 0.25) is 0 Å². The van der Waals surface area contributed by atoms with Gasteiger partial charge in [0.05, 0.1) is 18.8 Å². The number of nitrogens with zero attached hydrogens (tertiary/aromatic N) is 1.